The highest BCUT2D eigenvalue weighted by Crippen LogP contribution is 2.17. The Morgan fingerprint density at radius 1 is 1.13 bits per heavy atom. The van der Waals surface area contributed by atoms with Crippen molar-refractivity contribution in [3.8, 4) is 0 Å². The first-order chi connectivity index (χ1) is 11.0. The Labute approximate surface area is 137 Å². The Bertz CT molecular complexity index is 536. The van der Waals surface area contributed by atoms with Crippen LogP contribution in [-0.2, 0) is 0 Å². The molecule has 0 spiro atoms. The predicted octanol–water partition coefficient (Wildman–Crippen LogP) is 0.179. The number of anilines is 1. The van der Waals surface area contributed by atoms with Crippen LogP contribution in [0.5, 0.6) is 0 Å². The van der Waals surface area contributed by atoms with Crippen molar-refractivity contribution in [3.63, 3.8) is 0 Å². The molecule has 0 bridgehead atoms. The molecule has 3 amide bonds. The average molecular weight is 319 g/mol. The molecule has 0 radical (unpaired) electrons. The molecule has 2 rings (SSSR count). The van der Waals surface area contributed by atoms with Crippen LogP contribution in [0.25, 0.3) is 0 Å². The summed E-state index contributed by atoms with van der Waals surface area (Å²) in [5.41, 5.74) is 6.80. The van der Waals surface area contributed by atoms with Gasteiger partial charge in [-0.3, -0.25) is 4.79 Å². The van der Waals surface area contributed by atoms with E-state index in [2.05, 4.69) is 10.2 Å². The molecule has 0 atom stereocenters. The molecule has 126 valence electrons. The molecule has 23 heavy (non-hydrogen) atoms. The van der Waals surface area contributed by atoms with Crippen molar-refractivity contribution >= 4 is 17.6 Å². The number of nitrogens with one attached hydrogen (secondary N) is 1. The summed E-state index contributed by atoms with van der Waals surface area (Å²) in [6, 6.07) is 7.26. The lowest BCUT2D eigenvalue weighted by molar-refractivity contribution is 0.1000. The lowest BCUT2D eigenvalue weighted by Gasteiger charge is -2.36. The number of likely N-dealkylation sites (N-methyl/N-ethyl adjacent to an activating group) is 1. The molecule has 1 saturated heterocycles. The highest BCUT2D eigenvalue weighted by Gasteiger charge is 2.21. The third kappa shape index (κ3) is 4.85. The smallest absolute Gasteiger partial charge is 0.317 e. The number of carbonyl (C=O) groups excluding carboxylic acids is 2. The molecule has 7 nitrogen and oxygen atoms in total. The summed E-state index contributed by atoms with van der Waals surface area (Å²) >= 11 is 0. The van der Waals surface area contributed by atoms with Crippen LogP contribution < -0.4 is 16.0 Å². The molecule has 1 aromatic rings. The second-order valence-corrected chi connectivity index (χ2v) is 5.92. The number of nitrogens with two attached hydrogens (primary N) is 1. The maximum Gasteiger partial charge on any atom is 0.317 e. The van der Waals surface area contributed by atoms with Gasteiger partial charge in [0.05, 0.1) is 0 Å². The van der Waals surface area contributed by atoms with E-state index in [0.29, 0.717) is 25.2 Å². The van der Waals surface area contributed by atoms with Gasteiger partial charge in [0.25, 0.3) is 0 Å². The third-order valence-corrected chi connectivity index (χ3v) is 3.92. The molecule has 1 aromatic carbocycles. The molecule has 1 heterocycles. The Kier molecular flexibility index (Phi) is 5.81. The maximum atomic E-state index is 12.1. The number of rotatable bonds is 5. The number of piperazine rings is 1. The number of hydrogen-bond donors (Lipinski definition) is 2. The monoisotopic (exact) mass is 319 g/mol. The van der Waals surface area contributed by atoms with Crippen molar-refractivity contribution in [3.05, 3.63) is 29.8 Å². The van der Waals surface area contributed by atoms with Crippen LogP contribution in [0.1, 0.15) is 10.4 Å². The SMILES string of the molecule is CN(C)CCNC(=O)N1CCN(c2ccc(C(N)=O)cc2)CC1. The van der Waals surface area contributed by atoms with Gasteiger partial charge in [0.15, 0.2) is 0 Å². The number of amides is 3. The topological polar surface area (TPSA) is 81.9 Å². The minimum atomic E-state index is -0.421. The zero-order valence-electron chi connectivity index (χ0n) is 13.8. The zero-order valence-corrected chi connectivity index (χ0v) is 13.8. The summed E-state index contributed by atoms with van der Waals surface area (Å²) in [6.07, 6.45) is 0. The van der Waals surface area contributed by atoms with Crippen molar-refractivity contribution < 1.29 is 9.59 Å². The van der Waals surface area contributed by atoms with E-state index in [9.17, 15) is 9.59 Å². The van der Waals surface area contributed by atoms with Gasteiger partial charge in [-0.25, -0.2) is 4.79 Å². The number of carbonyl (C=O) groups is 2. The van der Waals surface area contributed by atoms with Gasteiger partial charge in [0.1, 0.15) is 0 Å². The minimum Gasteiger partial charge on any atom is -0.368 e. The first kappa shape index (κ1) is 17.1. The highest BCUT2D eigenvalue weighted by molar-refractivity contribution is 5.93. The summed E-state index contributed by atoms with van der Waals surface area (Å²) in [4.78, 5) is 29.2. The van der Waals surface area contributed by atoms with Gasteiger partial charge in [0, 0.05) is 50.5 Å². The quantitative estimate of drug-likeness (QED) is 0.811. The Morgan fingerprint density at radius 2 is 1.74 bits per heavy atom. The lowest BCUT2D eigenvalue weighted by Crippen LogP contribution is -2.52. The fraction of sp³-hybridized carbons (Fsp3) is 0.500. The van der Waals surface area contributed by atoms with Crippen LogP contribution >= 0.6 is 0 Å². The van der Waals surface area contributed by atoms with Crippen molar-refractivity contribution in [2.24, 2.45) is 5.73 Å². The predicted molar refractivity (Wildman–Crippen MR) is 90.7 cm³/mol. The molecule has 1 fully saturated rings. The van der Waals surface area contributed by atoms with E-state index in [1.54, 1.807) is 12.1 Å². The van der Waals surface area contributed by atoms with Gasteiger partial charge in [-0.2, -0.15) is 0 Å². The molecular weight excluding hydrogens is 294 g/mol. The Balaban J connectivity index is 1.81. The van der Waals surface area contributed by atoms with Crippen molar-refractivity contribution in [1.29, 1.82) is 0 Å². The van der Waals surface area contributed by atoms with E-state index in [-0.39, 0.29) is 6.03 Å². The average Bonchev–Trinajstić information content (AvgIpc) is 2.54. The lowest BCUT2D eigenvalue weighted by atomic mass is 10.1. The zero-order chi connectivity index (χ0) is 16.8. The second kappa shape index (κ2) is 7.82. The summed E-state index contributed by atoms with van der Waals surface area (Å²) in [5, 5.41) is 2.93. The number of hydrogen-bond acceptors (Lipinski definition) is 4. The van der Waals surface area contributed by atoms with E-state index in [0.717, 1.165) is 25.3 Å². The third-order valence-electron chi connectivity index (χ3n) is 3.92. The van der Waals surface area contributed by atoms with E-state index in [4.69, 9.17) is 5.73 Å². The van der Waals surface area contributed by atoms with E-state index < -0.39 is 5.91 Å². The van der Waals surface area contributed by atoms with Gasteiger partial charge in [-0.05, 0) is 38.4 Å². The molecule has 0 aliphatic carbocycles. The number of primary amides is 1. The first-order valence-corrected chi connectivity index (χ1v) is 7.79. The van der Waals surface area contributed by atoms with Crippen LogP contribution in [0, 0.1) is 0 Å². The van der Waals surface area contributed by atoms with Crippen LogP contribution in [0.2, 0.25) is 0 Å². The highest BCUT2D eigenvalue weighted by atomic mass is 16.2. The summed E-state index contributed by atoms with van der Waals surface area (Å²) in [5.74, 6) is -0.421. The Morgan fingerprint density at radius 3 is 2.26 bits per heavy atom. The largest absolute Gasteiger partial charge is 0.368 e. The van der Waals surface area contributed by atoms with Gasteiger partial charge in [-0.1, -0.05) is 0 Å². The van der Waals surface area contributed by atoms with Crippen molar-refractivity contribution in [1.82, 2.24) is 15.1 Å². The molecule has 0 unspecified atom stereocenters. The molecule has 1 aliphatic heterocycles. The van der Waals surface area contributed by atoms with Gasteiger partial charge in [-0.15, -0.1) is 0 Å². The van der Waals surface area contributed by atoms with Crippen molar-refractivity contribution in [2.45, 2.75) is 0 Å². The van der Waals surface area contributed by atoms with Crippen LogP contribution in [-0.4, -0.2) is 75.1 Å². The molecule has 1 aliphatic rings. The maximum absolute atomic E-state index is 12.1. The van der Waals surface area contributed by atoms with E-state index in [1.165, 1.54) is 0 Å². The molecule has 7 heteroatoms. The molecule has 0 aromatic heterocycles. The van der Waals surface area contributed by atoms with E-state index >= 15 is 0 Å². The van der Waals surface area contributed by atoms with Crippen molar-refractivity contribution in [2.75, 3.05) is 58.3 Å². The Hall–Kier alpha value is -2.28. The number of benzene rings is 1. The first-order valence-electron chi connectivity index (χ1n) is 7.79. The number of urea groups is 1. The minimum absolute atomic E-state index is 0.00410. The molecular formula is C16H25N5O2. The van der Waals surface area contributed by atoms with Gasteiger partial charge in [0.2, 0.25) is 5.91 Å². The fourth-order valence-corrected chi connectivity index (χ4v) is 2.50. The summed E-state index contributed by atoms with van der Waals surface area (Å²) in [6.45, 7) is 4.41. The number of nitrogens with zero attached hydrogens (tertiary/aromatic N) is 3. The van der Waals surface area contributed by atoms with Crippen LogP contribution in [0.15, 0.2) is 24.3 Å². The molecule has 3 N–H and O–H groups in total. The summed E-state index contributed by atoms with van der Waals surface area (Å²) < 4.78 is 0. The fourth-order valence-electron chi connectivity index (χ4n) is 2.50. The summed E-state index contributed by atoms with van der Waals surface area (Å²) in [7, 11) is 3.96. The second-order valence-electron chi connectivity index (χ2n) is 5.92. The van der Waals surface area contributed by atoms with Crippen LogP contribution in [0.3, 0.4) is 0 Å². The van der Waals surface area contributed by atoms with Gasteiger partial charge >= 0.3 is 6.03 Å². The van der Waals surface area contributed by atoms with Gasteiger partial charge < -0.3 is 25.8 Å². The van der Waals surface area contributed by atoms with Crippen LogP contribution in [0.4, 0.5) is 10.5 Å². The standard InChI is InChI=1S/C16H25N5O2/c1-19(2)8-7-18-16(23)21-11-9-20(10-12-21)14-5-3-13(4-6-14)15(17)22/h3-6H,7-12H2,1-2H3,(H2,17,22)(H,18,23). The van der Waals surface area contributed by atoms with E-state index in [1.807, 2.05) is 36.0 Å². The molecule has 0 saturated carbocycles. The normalized spacial score (nSPS) is 14.9.